The highest BCUT2D eigenvalue weighted by Crippen LogP contribution is 2.27. The molecule has 3 aromatic heterocycles. The van der Waals surface area contributed by atoms with Gasteiger partial charge in [-0.2, -0.15) is 0 Å². The summed E-state index contributed by atoms with van der Waals surface area (Å²) in [6, 6.07) is 10.0. The molecule has 148 valence electrons. The van der Waals surface area contributed by atoms with Gasteiger partial charge >= 0.3 is 0 Å². The summed E-state index contributed by atoms with van der Waals surface area (Å²) in [5.74, 6) is 1.57. The molecule has 3 heterocycles. The fourth-order valence-electron chi connectivity index (χ4n) is 2.77. The lowest BCUT2D eigenvalue weighted by Gasteiger charge is -2.03. The molecule has 1 aromatic carbocycles. The van der Waals surface area contributed by atoms with Gasteiger partial charge < -0.3 is 14.3 Å². The van der Waals surface area contributed by atoms with E-state index in [9.17, 15) is 4.79 Å². The average molecular weight is 426 g/mol. The number of furan rings is 1. The van der Waals surface area contributed by atoms with Gasteiger partial charge in [-0.25, -0.2) is 4.98 Å². The molecule has 4 aromatic rings. The molecule has 0 aliphatic carbocycles. The van der Waals surface area contributed by atoms with Crippen LogP contribution in [0.4, 0.5) is 5.13 Å². The third kappa shape index (κ3) is 4.25. The zero-order chi connectivity index (χ0) is 20.4. The summed E-state index contributed by atoms with van der Waals surface area (Å²) >= 11 is 2.74. The predicted molar refractivity (Wildman–Crippen MR) is 115 cm³/mol. The van der Waals surface area contributed by atoms with Crippen molar-refractivity contribution >= 4 is 34.1 Å². The number of benzene rings is 1. The Balaban J connectivity index is 1.37. The number of aromatic nitrogens is 4. The molecular formula is C20H19N5O2S2. The number of amides is 1. The SMILES string of the molecule is Cc1ccc(-c2csc(NC(=O)CSc3nnc(-c4ccoc4C)n3C)n2)cc1. The Morgan fingerprint density at radius 2 is 2.00 bits per heavy atom. The number of hydrogen-bond donors (Lipinski definition) is 1. The van der Waals surface area contributed by atoms with Crippen LogP contribution in [0, 0.1) is 13.8 Å². The quantitative estimate of drug-likeness (QED) is 0.456. The van der Waals surface area contributed by atoms with E-state index in [1.807, 2.05) is 61.2 Å². The molecule has 0 spiro atoms. The second-order valence-corrected chi connectivity index (χ2v) is 8.30. The molecule has 0 bridgehead atoms. The molecule has 29 heavy (non-hydrogen) atoms. The van der Waals surface area contributed by atoms with Gasteiger partial charge in [0.05, 0.1) is 23.3 Å². The monoisotopic (exact) mass is 425 g/mol. The van der Waals surface area contributed by atoms with Gasteiger partial charge in [0.2, 0.25) is 5.91 Å². The molecule has 0 saturated carbocycles. The van der Waals surface area contributed by atoms with E-state index in [1.54, 1.807) is 6.26 Å². The first kappa shape index (κ1) is 19.4. The minimum absolute atomic E-state index is 0.135. The number of nitrogens with one attached hydrogen (secondary N) is 1. The Morgan fingerprint density at radius 1 is 1.21 bits per heavy atom. The van der Waals surface area contributed by atoms with Crippen LogP contribution in [0.5, 0.6) is 0 Å². The van der Waals surface area contributed by atoms with Crippen molar-refractivity contribution in [1.29, 1.82) is 0 Å². The molecule has 7 nitrogen and oxygen atoms in total. The summed E-state index contributed by atoms with van der Waals surface area (Å²) in [5, 5.41) is 14.4. The van der Waals surface area contributed by atoms with Crippen molar-refractivity contribution in [2.24, 2.45) is 7.05 Å². The number of thioether (sulfide) groups is 1. The van der Waals surface area contributed by atoms with Crippen molar-refractivity contribution in [2.75, 3.05) is 11.1 Å². The van der Waals surface area contributed by atoms with Gasteiger partial charge in [-0.15, -0.1) is 21.5 Å². The van der Waals surface area contributed by atoms with Crippen molar-refractivity contribution in [1.82, 2.24) is 19.7 Å². The van der Waals surface area contributed by atoms with Crippen LogP contribution in [0.1, 0.15) is 11.3 Å². The molecule has 4 rings (SSSR count). The first-order valence-electron chi connectivity index (χ1n) is 8.90. The molecule has 0 unspecified atom stereocenters. The predicted octanol–water partition coefficient (Wildman–Crippen LogP) is 4.55. The van der Waals surface area contributed by atoms with Crippen molar-refractivity contribution < 1.29 is 9.21 Å². The van der Waals surface area contributed by atoms with E-state index in [4.69, 9.17) is 4.42 Å². The summed E-state index contributed by atoms with van der Waals surface area (Å²) in [6.07, 6.45) is 1.62. The van der Waals surface area contributed by atoms with Crippen LogP contribution in [0.25, 0.3) is 22.6 Å². The molecule has 1 N–H and O–H groups in total. The number of anilines is 1. The Bertz CT molecular complexity index is 1140. The highest BCUT2D eigenvalue weighted by Gasteiger charge is 2.16. The van der Waals surface area contributed by atoms with E-state index in [-0.39, 0.29) is 11.7 Å². The van der Waals surface area contributed by atoms with E-state index in [2.05, 4.69) is 20.5 Å². The van der Waals surface area contributed by atoms with Crippen LogP contribution in [-0.2, 0) is 11.8 Å². The van der Waals surface area contributed by atoms with Crippen LogP contribution in [0.2, 0.25) is 0 Å². The zero-order valence-corrected chi connectivity index (χ0v) is 17.8. The summed E-state index contributed by atoms with van der Waals surface area (Å²) in [5.41, 5.74) is 3.97. The number of aryl methyl sites for hydroxylation is 2. The van der Waals surface area contributed by atoms with Crippen LogP contribution in [0.3, 0.4) is 0 Å². The molecule has 0 saturated heterocycles. The Hall–Kier alpha value is -2.91. The fourth-order valence-corrected chi connectivity index (χ4v) is 4.21. The topological polar surface area (TPSA) is 85.8 Å². The van der Waals surface area contributed by atoms with Crippen LogP contribution in [0.15, 0.2) is 51.5 Å². The van der Waals surface area contributed by atoms with Crippen LogP contribution in [-0.4, -0.2) is 31.4 Å². The second kappa shape index (κ2) is 8.22. The van der Waals surface area contributed by atoms with Gasteiger partial charge in [-0.05, 0) is 19.9 Å². The summed E-state index contributed by atoms with van der Waals surface area (Å²) in [7, 11) is 1.87. The number of hydrogen-bond acceptors (Lipinski definition) is 7. The minimum Gasteiger partial charge on any atom is -0.469 e. The Labute approximate surface area is 176 Å². The summed E-state index contributed by atoms with van der Waals surface area (Å²) in [6.45, 7) is 3.92. The third-order valence-electron chi connectivity index (χ3n) is 4.36. The maximum atomic E-state index is 12.3. The fraction of sp³-hybridized carbons (Fsp3) is 0.200. The van der Waals surface area contributed by atoms with Crippen molar-refractivity contribution in [3.05, 3.63) is 53.3 Å². The highest BCUT2D eigenvalue weighted by molar-refractivity contribution is 7.99. The molecular weight excluding hydrogens is 406 g/mol. The van der Waals surface area contributed by atoms with Gasteiger partial charge in [-0.3, -0.25) is 4.79 Å². The van der Waals surface area contributed by atoms with Crippen molar-refractivity contribution in [3.8, 4) is 22.6 Å². The number of carbonyl (C=O) groups excluding carboxylic acids is 1. The van der Waals surface area contributed by atoms with E-state index in [0.29, 0.717) is 16.1 Å². The normalized spacial score (nSPS) is 11.0. The third-order valence-corrected chi connectivity index (χ3v) is 6.14. The van der Waals surface area contributed by atoms with Crippen LogP contribution >= 0.6 is 23.1 Å². The molecule has 0 aliphatic heterocycles. The van der Waals surface area contributed by atoms with E-state index >= 15 is 0 Å². The highest BCUT2D eigenvalue weighted by atomic mass is 32.2. The van der Waals surface area contributed by atoms with E-state index < -0.39 is 0 Å². The smallest absolute Gasteiger partial charge is 0.236 e. The van der Waals surface area contributed by atoms with Gasteiger partial charge in [0.15, 0.2) is 16.1 Å². The Morgan fingerprint density at radius 3 is 2.72 bits per heavy atom. The lowest BCUT2D eigenvalue weighted by atomic mass is 10.1. The van der Waals surface area contributed by atoms with Gasteiger partial charge in [0.25, 0.3) is 0 Å². The first-order valence-corrected chi connectivity index (χ1v) is 10.8. The van der Waals surface area contributed by atoms with Crippen molar-refractivity contribution in [2.45, 2.75) is 19.0 Å². The number of thiazole rings is 1. The Kier molecular flexibility index (Phi) is 5.50. The largest absolute Gasteiger partial charge is 0.469 e. The van der Waals surface area contributed by atoms with Gasteiger partial charge in [0.1, 0.15) is 5.76 Å². The summed E-state index contributed by atoms with van der Waals surface area (Å²) < 4.78 is 7.19. The van der Waals surface area contributed by atoms with Gasteiger partial charge in [0, 0.05) is 18.0 Å². The lowest BCUT2D eigenvalue weighted by molar-refractivity contribution is -0.113. The zero-order valence-electron chi connectivity index (χ0n) is 16.2. The average Bonchev–Trinajstić information content (AvgIpc) is 3.42. The first-order chi connectivity index (χ1) is 14.0. The van der Waals surface area contributed by atoms with E-state index in [0.717, 1.165) is 22.6 Å². The number of nitrogens with zero attached hydrogens (tertiary/aromatic N) is 4. The van der Waals surface area contributed by atoms with Crippen molar-refractivity contribution in [3.63, 3.8) is 0 Å². The number of carbonyl (C=O) groups is 1. The molecule has 0 radical (unpaired) electrons. The number of rotatable bonds is 6. The lowest BCUT2D eigenvalue weighted by Crippen LogP contribution is -2.14. The maximum Gasteiger partial charge on any atom is 0.236 e. The molecule has 0 aliphatic rings. The van der Waals surface area contributed by atoms with Gasteiger partial charge in [-0.1, -0.05) is 41.6 Å². The summed E-state index contributed by atoms with van der Waals surface area (Å²) in [4.78, 5) is 16.8. The van der Waals surface area contributed by atoms with E-state index in [1.165, 1.54) is 28.7 Å². The second-order valence-electron chi connectivity index (χ2n) is 6.50. The minimum atomic E-state index is -0.135. The van der Waals surface area contributed by atoms with Crippen LogP contribution < -0.4 is 5.32 Å². The molecule has 1 amide bonds. The standard InChI is InChI=1S/C20H19N5O2S2/c1-12-4-6-14(7-5-12)16-10-28-19(21-16)22-17(26)11-29-20-24-23-18(25(20)3)15-8-9-27-13(15)2/h4-10H,11H2,1-3H3,(H,21,22,26). The maximum absolute atomic E-state index is 12.3. The molecule has 0 fully saturated rings. The molecule has 9 heteroatoms. The molecule has 0 atom stereocenters.